The fourth-order valence-electron chi connectivity index (χ4n) is 2.14. The molecule has 1 aliphatic rings. The molecule has 5 heteroatoms. The lowest BCUT2D eigenvalue weighted by molar-refractivity contribution is -0.114. The maximum atomic E-state index is 11.0. The van der Waals surface area contributed by atoms with E-state index in [9.17, 15) is 4.79 Å². The van der Waals surface area contributed by atoms with Crippen LogP contribution < -0.4 is 16.0 Å². The molecule has 1 aromatic carbocycles. The topological polar surface area (TPSA) is 67.6 Å². The molecule has 18 heavy (non-hydrogen) atoms. The van der Waals surface area contributed by atoms with Crippen LogP contribution in [-0.4, -0.2) is 32.2 Å². The standard InChI is InChI=1S/C13H19N3O2/c1-10(17)15-12-2-3-13(11(8-12)9-14)16-4-6-18-7-5-16/h2-3,8H,4-7,9,14H2,1H3,(H,15,17). The fraction of sp³-hybridized carbons (Fsp3) is 0.462. The molecule has 0 aromatic heterocycles. The lowest BCUT2D eigenvalue weighted by Gasteiger charge is -2.30. The summed E-state index contributed by atoms with van der Waals surface area (Å²) in [7, 11) is 0. The number of rotatable bonds is 3. The predicted molar refractivity (Wildman–Crippen MR) is 71.7 cm³/mol. The molecule has 2 rings (SSSR count). The normalized spacial score (nSPS) is 15.6. The van der Waals surface area contributed by atoms with E-state index in [1.165, 1.54) is 6.92 Å². The van der Waals surface area contributed by atoms with E-state index >= 15 is 0 Å². The third-order valence-corrected chi connectivity index (χ3v) is 2.97. The van der Waals surface area contributed by atoms with Crippen LogP contribution in [-0.2, 0) is 16.1 Å². The largest absolute Gasteiger partial charge is 0.378 e. The lowest BCUT2D eigenvalue weighted by Crippen LogP contribution is -2.37. The van der Waals surface area contributed by atoms with Crippen LogP contribution in [0, 0.1) is 0 Å². The van der Waals surface area contributed by atoms with Gasteiger partial charge >= 0.3 is 0 Å². The summed E-state index contributed by atoms with van der Waals surface area (Å²) in [5.74, 6) is -0.0721. The summed E-state index contributed by atoms with van der Waals surface area (Å²) >= 11 is 0. The van der Waals surface area contributed by atoms with Gasteiger partial charge in [0.15, 0.2) is 0 Å². The first kappa shape index (κ1) is 12.9. The van der Waals surface area contributed by atoms with Gasteiger partial charge < -0.3 is 20.7 Å². The minimum Gasteiger partial charge on any atom is -0.378 e. The van der Waals surface area contributed by atoms with E-state index in [2.05, 4.69) is 10.2 Å². The number of morpholine rings is 1. The Bertz CT molecular complexity index is 428. The van der Waals surface area contributed by atoms with Gasteiger partial charge in [0, 0.05) is 37.9 Å². The lowest BCUT2D eigenvalue weighted by atomic mass is 10.1. The highest BCUT2D eigenvalue weighted by atomic mass is 16.5. The van der Waals surface area contributed by atoms with Crippen LogP contribution in [0.25, 0.3) is 0 Å². The van der Waals surface area contributed by atoms with Gasteiger partial charge in [0.25, 0.3) is 0 Å². The molecule has 0 bridgehead atoms. The molecule has 0 atom stereocenters. The molecule has 98 valence electrons. The van der Waals surface area contributed by atoms with Crippen LogP contribution in [0.5, 0.6) is 0 Å². The average molecular weight is 249 g/mol. The molecule has 0 spiro atoms. The summed E-state index contributed by atoms with van der Waals surface area (Å²) in [5.41, 5.74) is 8.76. The van der Waals surface area contributed by atoms with Crippen LogP contribution in [0.15, 0.2) is 18.2 Å². The van der Waals surface area contributed by atoms with Gasteiger partial charge in [-0.3, -0.25) is 4.79 Å². The van der Waals surface area contributed by atoms with Crippen molar-refractivity contribution < 1.29 is 9.53 Å². The number of hydrogen-bond acceptors (Lipinski definition) is 4. The number of anilines is 2. The molecule has 1 aromatic rings. The average Bonchev–Trinajstić information content (AvgIpc) is 2.39. The van der Waals surface area contributed by atoms with Crippen molar-refractivity contribution >= 4 is 17.3 Å². The van der Waals surface area contributed by atoms with E-state index in [1.54, 1.807) is 0 Å². The number of carbonyl (C=O) groups is 1. The van der Waals surface area contributed by atoms with E-state index in [1.807, 2.05) is 18.2 Å². The molecule has 1 heterocycles. The number of ether oxygens (including phenoxy) is 1. The number of amides is 1. The Morgan fingerprint density at radius 1 is 1.44 bits per heavy atom. The number of nitrogens with one attached hydrogen (secondary N) is 1. The zero-order valence-electron chi connectivity index (χ0n) is 10.6. The summed E-state index contributed by atoms with van der Waals surface area (Å²) in [6.45, 7) is 5.21. The fourth-order valence-corrected chi connectivity index (χ4v) is 2.14. The van der Waals surface area contributed by atoms with E-state index in [4.69, 9.17) is 10.5 Å². The van der Waals surface area contributed by atoms with Gasteiger partial charge in [0.2, 0.25) is 5.91 Å². The Morgan fingerprint density at radius 3 is 2.78 bits per heavy atom. The number of nitrogens with zero attached hydrogens (tertiary/aromatic N) is 1. The molecule has 3 N–H and O–H groups in total. The number of hydrogen-bond donors (Lipinski definition) is 2. The van der Waals surface area contributed by atoms with Gasteiger partial charge in [-0.05, 0) is 23.8 Å². The molecular formula is C13H19N3O2. The van der Waals surface area contributed by atoms with Crippen LogP contribution in [0.1, 0.15) is 12.5 Å². The highest BCUT2D eigenvalue weighted by Gasteiger charge is 2.14. The summed E-state index contributed by atoms with van der Waals surface area (Å²) in [6.07, 6.45) is 0. The maximum absolute atomic E-state index is 11.0. The second kappa shape index (κ2) is 5.84. The molecule has 0 aliphatic carbocycles. The van der Waals surface area contributed by atoms with Crippen molar-refractivity contribution in [1.29, 1.82) is 0 Å². The third-order valence-electron chi connectivity index (χ3n) is 2.97. The predicted octanol–water partition coefficient (Wildman–Crippen LogP) is 0.940. The van der Waals surface area contributed by atoms with Crippen molar-refractivity contribution in [3.63, 3.8) is 0 Å². The van der Waals surface area contributed by atoms with Crippen molar-refractivity contribution in [2.24, 2.45) is 5.73 Å². The second-order valence-corrected chi connectivity index (χ2v) is 4.33. The van der Waals surface area contributed by atoms with Crippen LogP contribution in [0.3, 0.4) is 0 Å². The zero-order valence-corrected chi connectivity index (χ0v) is 10.6. The van der Waals surface area contributed by atoms with Gasteiger partial charge in [0.1, 0.15) is 0 Å². The van der Waals surface area contributed by atoms with E-state index in [0.29, 0.717) is 6.54 Å². The number of nitrogens with two attached hydrogens (primary N) is 1. The first-order valence-corrected chi connectivity index (χ1v) is 6.14. The summed E-state index contributed by atoms with van der Waals surface area (Å²) < 4.78 is 5.34. The second-order valence-electron chi connectivity index (χ2n) is 4.33. The van der Waals surface area contributed by atoms with Crippen LogP contribution in [0.2, 0.25) is 0 Å². The van der Waals surface area contributed by atoms with Crippen LogP contribution in [0.4, 0.5) is 11.4 Å². The summed E-state index contributed by atoms with van der Waals surface area (Å²) in [6, 6.07) is 5.86. The van der Waals surface area contributed by atoms with Crippen molar-refractivity contribution in [2.45, 2.75) is 13.5 Å². The highest BCUT2D eigenvalue weighted by Crippen LogP contribution is 2.24. The molecule has 0 saturated carbocycles. The first-order chi connectivity index (χ1) is 8.70. The van der Waals surface area contributed by atoms with Crippen molar-refractivity contribution in [3.8, 4) is 0 Å². The van der Waals surface area contributed by atoms with Gasteiger partial charge in [-0.2, -0.15) is 0 Å². The molecule has 5 nitrogen and oxygen atoms in total. The van der Waals surface area contributed by atoms with Crippen molar-refractivity contribution in [2.75, 3.05) is 36.5 Å². The molecular weight excluding hydrogens is 230 g/mol. The van der Waals surface area contributed by atoms with E-state index in [0.717, 1.165) is 43.2 Å². The van der Waals surface area contributed by atoms with Crippen molar-refractivity contribution in [3.05, 3.63) is 23.8 Å². The zero-order chi connectivity index (χ0) is 13.0. The van der Waals surface area contributed by atoms with Gasteiger partial charge in [0.05, 0.1) is 13.2 Å². The summed E-state index contributed by atoms with van der Waals surface area (Å²) in [4.78, 5) is 13.3. The van der Waals surface area contributed by atoms with Gasteiger partial charge in [-0.25, -0.2) is 0 Å². The number of benzene rings is 1. The highest BCUT2D eigenvalue weighted by molar-refractivity contribution is 5.89. The smallest absolute Gasteiger partial charge is 0.221 e. The quantitative estimate of drug-likeness (QED) is 0.836. The maximum Gasteiger partial charge on any atom is 0.221 e. The molecule has 1 fully saturated rings. The van der Waals surface area contributed by atoms with Gasteiger partial charge in [-0.1, -0.05) is 0 Å². The minimum absolute atomic E-state index is 0.0721. The molecule has 0 radical (unpaired) electrons. The molecule has 0 unspecified atom stereocenters. The Hall–Kier alpha value is -1.59. The minimum atomic E-state index is -0.0721. The molecule has 1 amide bonds. The first-order valence-electron chi connectivity index (χ1n) is 6.14. The third kappa shape index (κ3) is 3.00. The van der Waals surface area contributed by atoms with Crippen LogP contribution >= 0.6 is 0 Å². The summed E-state index contributed by atoms with van der Waals surface area (Å²) in [5, 5.41) is 2.77. The Labute approximate surface area is 107 Å². The Balaban J connectivity index is 2.21. The van der Waals surface area contributed by atoms with Gasteiger partial charge in [-0.15, -0.1) is 0 Å². The van der Waals surface area contributed by atoms with E-state index < -0.39 is 0 Å². The SMILES string of the molecule is CC(=O)Nc1ccc(N2CCOCC2)c(CN)c1. The molecule has 1 saturated heterocycles. The monoisotopic (exact) mass is 249 g/mol. The number of carbonyl (C=O) groups excluding carboxylic acids is 1. The van der Waals surface area contributed by atoms with E-state index in [-0.39, 0.29) is 5.91 Å². The van der Waals surface area contributed by atoms with Crippen molar-refractivity contribution in [1.82, 2.24) is 0 Å². The molecule has 1 aliphatic heterocycles. The Morgan fingerprint density at radius 2 is 2.17 bits per heavy atom. The Kier molecular flexibility index (Phi) is 4.17.